The Morgan fingerprint density at radius 3 is 2.44 bits per heavy atom. The minimum absolute atomic E-state index is 0.0542. The van der Waals surface area contributed by atoms with Gasteiger partial charge in [0.1, 0.15) is 22.8 Å². The van der Waals surface area contributed by atoms with E-state index in [-0.39, 0.29) is 29.2 Å². The minimum Gasteiger partial charge on any atom is -0.510 e. The summed E-state index contributed by atoms with van der Waals surface area (Å²) >= 11 is 0. The van der Waals surface area contributed by atoms with Crippen LogP contribution in [0.4, 0.5) is 0 Å². The molecule has 0 heterocycles. The van der Waals surface area contributed by atoms with Crippen LogP contribution in [0.25, 0.3) is 0 Å². The summed E-state index contributed by atoms with van der Waals surface area (Å²) in [5.41, 5.74) is 3.43. The molecule has 4 rings (SSSR count). The van der Waals surface area contributed by atoms with E-state index in [2.05, 4.69) is 0 Å². The van der Waals surface area contributed by atoms with E-state index in [0.717, 1.165) is 12.0 Å². The number of benzene rings is 1. The number of aliphatic hydroxyl groups excluding tert-OH is 2. The van der Waals surface area contributed by atoms with Gasteiger partial charge in [0.2, 0.25) is 5.78 Å². The lowest BCUT2D eigenvalue weighted by Crippen LogP contribution is -2.63. The first kappa shape index (κ1) is 24.0. The summed E-state index contributed by atoms with van der Waals surface area (Å²) in [6.45, 7) is 4.04. The van der Waals surface area contributed by atoms with Gasteiger partial charge in [-0.1, -0.05) is 19.9 Å². The van der Waals surface area contributed by atoms with Crippen LogP contribution in [0.5, 0.6) is 5.75 Å². The zero-order chi connectivity index (χ0) is 25.3. The van der Waals surface area contributed by atoms with Gasteiger partial charge >= 0.3 is 0 Å². The Morgan fingerprint density at radius 1 is 1.24 bits per heavy atom. The van der Waals surface area contributed by atoms with Crippen molar-refractivity contribution in [3.63, 3.8) is 0 Å². The number of rotatable bonds is 4. The quantitative estimate of drug-likeness (QED) is 0.415. The molecule has 1 aromatic carbocycles. The van der Waals surface area contributed by atoms with Crippen molar-refractivity contribution in [3.8, 4) is 5.75 Å². The fourth-order valence-electron chi connectivity index (χ4n) is 5.96. The van der Waals surface area contributed by atoms with Crippen molar-refractivity contribution in [2.45, 2.75) is 50.7 Å². The summed E-state index contributed by atoms with van der Waals surface area (Å²) in [6.07, 6.45) is 1.21. The fraction of sp³-hybridized carbons (Fsp3) is 0.480. The summed E-state index contributed by atoms with van der Waals surface area (Å²) in [5, 5.41) is 44.2. The Kier molecular flexibility index (Phi) is 5.61. The Morgan fingerprint density at radius 2 is 1.88 bits per heavy atom. The third kappa shape index (κ3) is 3.03. The lowest BCUT2D eigenvalue weighted by atomic mass is 9.58. The molecule has 0 fully saturated rings. The minimum atomic E-state index is -2.62. The summed E-state index contributed by atoms with van der Waals surface area (Å²) in [5.74, 6) is -6.26. The van der Waals surface area contributed by atoms with Crippen molar-refractivity contribution in [2.24, 2.45) is 17.6 Å². The number of aliphatic hydroxyl groups is 3. The molecule has 0 saturated carbocycles. The number of nitrogens with two attached hydrogens (primary N) is 1. The van der Waals surface area contributed by atoms with Gasteiger partial charge in [-0.2, -0.15) is 0 Å². The second-order valence-electron chi connectivity index (χ2n) is 9.80. The van der Waals surface area contributed by atoms with Crippen molar-refractivity contribution in [1.82, 2.24) is 4.90 Å². The smallest absolute Gasteiger partial charge is 0.255 e. The van der Waals surface area contributed by atoms with Crippen LogP contribution in [0.15, 0.2) is 34.8 Å². The topological polar surface area (TPSA) is 161 Å². The van der Waals surface area contributed by atoms with E-state index in [9.17, 15) is 34.8 Å². The molecule has 1 unspecified atom stereocenters. The van der Waals surface area contributed by atoms with Crippen molar-refractivity contribution in [1.29, 1.82) is 0 Å². The van der Waals surface area contributed by atoms with E-state index in [4.69, 9.17) is 5.73 Å². The molecule has 0 spiro atoms. The maximum absolute atomic E-state index is 13.6. The van der Waals surface area contributed by atoms with Gasteiger partial charge in [-0.25, -0.2) is 0 Å². The number of allylic oxidation sites excluding steroid dienone is 1. The number of phenols is 1. The number of carbonyl (C=O) groups excluding carboxylic acids is 3. The third-order valence-corrected chi connectivity index (χ3v) is 7.79. The number of aromatic hydroxyl groups is 1. The zero-order valence-corrected chi connectivity index (χ0v) is 19.6. The van der Waals surface area contributed by atoms with Crippen LogP contribution < -0.4 is 5.73 Å². The highest BCUT2D eigenvalue weighted by molar-refractivity contribution is 6.24. The first-order chi connectivity index (χ1) is 15.9. The van der Waals surface area contributed by atoms with E-state index < -0.39 is 58.0 Å². The molecular formula is C25H30N2O7. The molecule has 182 valence electrons. The lowest BCUT2D eigenvalue weighted by Gasteiger charge is -2.50. The highest BCUT2D eigenvalue weighted by Gasteiger charge is 2.63. The molecule has 0 radical (unpaired) electrons. The van der Waals surface area contributed by atoms with E-state index in [0.29, 0.717) is 12.0 Å². The van der Waals surface area contributed by atoms with Gasteiger partial charge in [0.05, 0.1) is 11.6 Å². The summed E-state index contributed by atoms with van der Waals surface area (Å²) in [6, 6.07) is 2.24. The van der Waals surface area contributed by atoms with E-state index in [1.54, 1.807) is 20.2 Å². The monoisotopic (exact) mass is 470 g/mol. The van der Waals surface area contributed by atoms with Crippen LogP contribution >= 0.6 is 0 Å². The molecule has 0 bridgehead atoms. The average Bonchev–Trinajstić information content (AvgIpc) is 2.75. The molecule has 5 atom stereocenters. The van der Waals surface area contributed by atoms with Crippen LogP contribution in [0.3, 0.4) is 0 Å². The third-order valence-electron chi connectivity index (χ3n) is 7.79. The number of phenolic OH excluding ortho intramolecular Hbond substituents is 1. The van der Waals surface area contributed by atoms with Gasteiger partial charge in [-0.15, -0.1) is 0 Å². The number of hydrogen-bond acceptors (Lipinski definition) is 8. The van der Waals surface area contributed by atoms with Crippen LogP contribution in [0.1, 0.15) is 54.1 Å². The molecule has 9 nitrogen and oxygen atoms in total. The first-order valence-corrected chi connectivity index (χ1v) is 11.4. The van der Waals surface area contributed by atoms with Gasteiger partial charge in [0, 0.05) is 11.5 Å². The Balaban J connectivity index is 1.96. The maximum Gasteiger partial charge on any atom is 0.255 e. The molecule has 3 aliphatic carbocycles. The highest BCUT2D eigenvalue weighted by Crippen LogP contribution is 2.52. The number of fused-ring (bicyclic) bond motifs is 3. The van der Waals surface area contributed by atoms with Crippen LogP contribution in [0, 0.1) is 11.8 Å². The highest BCUT2D eigenvalue weighted by atomic mass is 16.3. The van der Waals surface area contributed by atoms with Crippen molar-refractivity contribution in [2.75, 3.05) is 14.1 Å². The van der Waals surface area contributed by atoms with Gasteiger partial charge in [-0.3, -0.25) is 19.3 Å². The predicted molar refractivity (Wildman–Crippen MR) is 122 cm³/mol. The maximum atomic E-state index is 13.6. The average molecular weight is 471 g/mol. The van der Waals surface area contributed by atoms with Crippen molar-refractivity contribution >= 4 is 17.5 Å². The Labute approximate surface area is 197 Å². The second kappa shape index (κ2) is 7.95. The molecule has 34 heavy (non-hydrogen) atoms. The van der Waals surface area contributed by atoms with E-state index >= 15 is 0 Å². The molecule has 0 saturated heterocycles. The normalized spacial score (nSPS) is 29.6. The van der Waals surface area contributed by atoms with E-state index in [1.807, 2.05) is 13.8 Å². The van der Waals surface area contributed by atoms with Crippen molar-refractivity contribution < 1.29 is 34.8 Å². The fourth-order valence-corrected chi connectivity index (χ4v) is 5.96. The van der Waals surface area contributed by atoms with Gasteiger partial charge in [0.15, 0.2) is 11.4 Å². The standard InChI is InChI=1S/C25H30N2O7/c1-5-10(2)12-6-7-15(28)17-13(12)8-11-9-14-19(27(3)4)21(30)18(24(26)33)23(32)25(14,34)22(31)16(11)20(17)29/h6-7,10-11,14,19,28,30-31,34H,5,8-9H2,1-4H3,(H2,26,33)/t10?,11-,14-,19-,25-/m0/s1. The first-order valence-electron chi connectivity index (χ1n) is 11.4. The number of Topliss-reactive ketones (excluding diaryl/α,β-unsaturated/α-hetero) is 2. The van der Waals surface area contributed by atoms with Gasteiger partial charge in [-0.05, 0) is 62.4 Å². The molecule has 1 aromatic rings. The van der Waals surface area contributed by atoms with Gasteiger partial charge < -0.3 is 26.2 Å². The van der Waals surface area contributed by atoms with Crippen molar-refractivity contribution in [3.05, 3.63) is 51.5 Å². The molecule has 3 aliphatic rings. The number of amides is 1. The number of hydrogen-bond donors (Lipinski definition) is 5. The second-order valence-corrected chi connectivity index (χ2v) is 9.80. The number of primary amides is 1. The number of carbonyl (C=O) groups is 3. The summed E-state index contributed by atoms with van der Waals surface area (Å²) in [4.78, 5) is 40.4. The molecule has 1 amide bonds. The van der Waals surface area contributed by atoms with Crippen LogP contribution in [-0.2, 0) is 16.0 Å². The summed E-state index contributed by atoms with van der Waals surface area (Å²) < 4.78 is 0. The lowest BCUT2D eigenvalue weighted by molar-refractivity contribution is -0.148. The number of ketones is 2. The molecule has 9 heteroatoms. The number of likely N-dealkylation sites (N-methyl/N-ethyl adjacent to an activating group) is 1. The summed E-state index contributed by atoms with van der Waals surface area (Å²) in [7, 11) is 3.21. The zero-order valence-electron chi connectivity index (χ0n) is 19.6. The molecule has 6 N–H and O–H groups in total. The Hall–Kier alpha value is -3.17. The SMILES string of the molecule is CCC(C)c1ccc(O)c2c1C[C@H]1C[C@H]3[C@H](N(C)C)C(O)=C(C(N)=O)C(=O)[C@@]3(O)C(O)=C1C2=O. The van der Waals surface area contributed by atoms with Crippen LogP contribution in [-0.4, -0.2) is 68.5 Å². The number of nitrogens with zero attached hydrogens (tertiary/aromatic N) is 1. The molecule has 0 aliphatic heterocycles. The molecule has 0 aromatic heterocycles. The van der Waals surface area contributed by atoms with Crippen LogP contribution in [0.2, 0.25) is 0 Å². The molecular weight excluding hydrogens is 440 g/mol. The van der Waals surface area contributed by atoms with E-state index in [1.165, 1.54) is 11.0 Å². The largest absolute Gasteiger partial charge is 0.510 e. The predicted octanol–water partition coefficient (Wildman–Crippen LogP) is 1.63. The van der Waals surface area contributed by atoms with Gasteiger partial charge in [0.25, 0.3) is 5.91 Å². The Bertz CT molecular complexity index is 1180.